The summed E-state index contributed by atoms with van der Waals surface area (Å²) in [7, 11) is 0. The average molecular weight is 323 g/mol. The normalized spacial score (nSPS) is 19.5. The van der Waals surface area contributed by atoms with Gasteiger partial charge < -0.3 is 9.84 Å². The maximum absolute atomic E-state index is 5.30. The third kappa shape index (κ3) is 3.19. The maximum Gasteiger partial charge on any atom is 0.259 e. The first kappa shape index (κ1) is 12.7. The largest absolute Gasteiger partial charge is 0.334 e. The Kier molecular flexibility index (Phi) is 3.89. The van der Waals surface area contributed by atoms with Gasteiger partial charge in [0.1, 0.15) is 0 Å². The van der Waals surface area contributed by atoms with Crippen LogP contribution in [0.15, 0.2) is 27.5 Å². The highest BCUT2D eigenvalue weighted by Crippen LogP contribution is 2.21. The molecule has 1 saturated heterocycles. The van der Waals surface area contributed by atoms with Crippen molar-refractivity contribution in [3.63, 3.8) is 0 Å². The van der Waals surface area contributed by atoms with Crippen molar-refractivity contribution in [3.05, 3.63) is 28.8 Å². The van der Waals surface area contributed by atoms with E-state index >= 15 is 0 Å². The summed E-state index contributed by atoms with van der Waals surface area (Å²) < 4.78 is 6.21. The van der Waals surface area contributed by atoms with E-state index in [1.54, 1.807) is 12.4 Å². The lowest BCUT2D eigenvalue weighted by Crippen LogP contribution is -2.31. The van der Waals surface area contributed by atoms with Crippen molar-refractivity contribution in [3.8, 4) is 11.5 Å². The van der Waals surface area contributed by atoms with E-state index in [2.05, 4.69) is 36.4 Å². The predicted molar refractivity (Wildman–Crippen MR) is 74.5 cm³/mol. The number of rotatable bonds is 3. The fourth-order valence-electron chi connectivity index (χ4n) is 2.34. The number of hydrogen-bond donors (Lipinski definition) is 1. The SMILES string of the molecule is Brc1cncc(-c2nc(CC3CCCNC3)no2)c1. The molecule has 0 amide bonds. The second-order valence-electron chi connectivity index (χ2n) is 4.82. The van der Waals surface area contributed by atoms with E-state index in [4.69, 9.17) is 4.52 Å². The third-order valence-electron chi connectivity index (χ3n) is 3.29. The standard InChI is InChI=1S/C13H15BrN4O/c14-11-5-10(7-16-8-11)13-17-12(18-19-13)4-9-2-1-3-15-6-9/h5,7-9,15H,1-4,6H2. The van der Waals surface area contributed by atoms with Crippen LogP contribution in [0, 0.1) is 5.92 Å². The Balaban J connectivity index is 1.72. The van der Waals surface area contributed by atoms with Crippen LogP contribution in [0.2, 0.25) is 0 Å². The fraction of sp³-hybridized carbons (Fsp3) is 0.462. The van der Waals surface area contributed by atoms with Crippen molar-refractivity contribution in [2.24, 2.45) is 5.92 Å². The van der Waals surface area contributed by atoms with Crippen molar-refractivity contribution in [1.29, 1.82) is 0 Å². The molecule has 3 rings (SSSR count). The highest BCUT2D eigenvalue weighted by molar-refractivity contribution is 9.10. The Morgan fingerprint density at radius 3 is 3.16 bits per heavy atom. The summed E-state index contributed by atoms with van der Waals surface area (Å²) >= 11 is 3.39. The van der Waals surface area contributed by atoms with Gasteiger partial charge in [0.15, 0.2) is 5.82 Å². The second-order valence-corrected chi connectivity index (χ2v) is 5.74. The van der Waals surface area contributed by atoms with E-state index in [1.165, 1.54) is 12.8 Å². The zero-order chi connectivity index (χ0) is 13.1. The Morgan fingerprint density at radius 2 is 2.37 bits per heavy atom. The van der Waals surface area contributed by atoms with Gasteiger partial charge in [-0.2, -0.15) is 4.98 Å². The molecule has 0 saturated carbocycles. The van der Waals surface area contributed by atoms with Crippen LogP contribution in [0.4, 0.5) is 0 Å². The van der Waals surface area contributed by atoms with Crippen LogP contribution in [0.5, 0.6) is 0 Å². The van der Waals surface area contributed by atoms with E-state index in [0.717, 1.165) is 35.4 Å². The molecule has 6 heteroatoms. The molecule has 1 aliphatic heterocycles. The van der Waals surface area contributed by atoms with Gasteiger partial charge in [-0.25, -0.2) is 0 Å². The number of halogens is 1. The van der Waals surface area contributed by atoms with Gasteiger partial charge in [-0.3, -0.25) is 4.98 Å². The number of piperidine rings is 1. The van der Waals surface area contributed by atoms with Crippen molar-refractivity contribution >= 4 is 15.9 Å². The minimum absolute atomic E-state index is 0.535. The summed E-state index contributed by atoms with van der Waals surface area (Å²) in [6.45, 7) is 2.17. The van der Waals surface area contributed by atoms with Gasteiger partial charge in [0.2, 0.25) is 0 Å². The molecule has 1 unspecified atom stereocenters. The second kappa shape index (κ2) is 5.79. The molecule has 0 aliphatic carbocycles. The van der Waals surface area contributed by atoms with Gasteiger partial charge in [0, 0.05) is 23.3 Å². The van der Waals surface area contributed by atoms with Crippen LogP contribution in [-0.4, -0.2) is 28.2 Å². The Labute approximate surface area is 119 Å². The van der Waals surface area contributed by atoms with E-state index in [-0.39, 0.29) is 0 Å². The van der Waals surface area contributed by atoms with Crippen LogP contribution in [-0.2, 0) is 6.42 Å². The van der Waals surface area contributed by atoms with Gasteiger partial charge in [-0.15, -0.1) is 0 Å². The summed E-state index contributed by atoms with van der Waals surface area (Å²) in [5, 5.41) is 7.46. The van der Waals surface area contributed by atoms with Gasteiger partial charge in [0.05, 0.1) is 5.56 Å². The van der Waals surface area contributed by atoms with Crippen molar-refractivity contribution in [1.82, 2.24) is 20.4 Å². The number of nitrogens with zero attached hydrogens (tertiary/aromatic N) is 3. The molecular formula is C13H15BrN4O. The predicted octanol–water partition coefficient (Wildman–Crippen LogP) is 2.44. The fourth-order valence-corrected chi connectivity index (χ4v) is 2.70. The summed E-state index contributed by atoms with van der Waals surface area (Å²) in [4.78, 5) is 8.55. The molecule has 2 aromatic heterocycles. The highest BCUT2D eigenvalue weighted by Gasteiger charge is 2.17. The summed E-state index contributed by atoms with van der Waals surface area (Å²) in [6.07, 6.45) is 6.79. The molecule has 0 aromatic carbocycles. The molecule has 0 radical (unpaired) electrons. The molecule has 1 fully saturated rings. The molecule has 100 valence electrons. The monoisotopic (exact) mass is 322 g/mol. The van der Waals surface area contributed by atoms with Gasteiger partial charge in [-0.05, 0) is 53.8 Å². The number of hydrogen-bond acceptors (Lipinski definition) is 5. The van der Waals surface area contributed by atoms with Gasteiger partial charge >= 0.3 is 0 Å². The number of pyridine rings is 1. The van der Waals surface area contributed by atoms with Gasteiger partial charge in [0.25, 0.3) is 5.89 Å². The Bertz CT molecular complexity index is 551. The van der Waals surface area contributed by atoms with Crippen LogP contribution in [0.25, 0.3) is 11.5 Å². The van der Waals surface area contributed by atoms with Crippen LogP contribution < -0.4 is 5.32 Å². The zero-order valence-electron chi connectivity index (χ0n) is 10.5. The Hall–Kier alpha value is -1.27. The maximum atomic E-state index is 5.30. The first-order valence-corrected chi connectivity index (χ1v) is 7.25. The summed E-state index contributed by atoms with van der Waals surface area (Å²) in [5.41, 5.74) is 0.842. The third-order valence-corrected chi connectivity index (χ3v) is 3.72. The Morgan fingerprint density at radius 1 is 1.42 bits per heavy atom. The lowest BCUT2D eigenvalue weighted by Gasteiger charge is -2.20. The first-order chi connectivity index (χ1) is 9.31. The number of nitrogens with one attached hydrogen (secondary N) is 1. The molecule has 2 aromatic rings. The molecule has 5 nitrogen and oxygen atoms in total. The smallest absolute Gasteiger partial charge is 0.259 e. The summed E-state index contributed by atoms with van der Waals surface area (Å²) in [6, 6.07) is 1.92. The molecule has 1 atom stereocenters. The van der Waals surface area contributed by atoms with E-state index in [0.29, 0.717) is 11.8 Å². The summed E-state index contributed by atoms with van der Waals surface area (Å²) in [5.74, 6) is 1.93. The van der Waals surface area contributed by atoms with Crippen LogP contribution in [0.3, 0.4) is 0 Å². The zero-order valence-corrected chi connectivity index (χ0v) is 12.1. The van der Waals surface area contributed by atoms with Crippen molar-refractivity contribution in [2.45, 2.75) is 19.3 Å². The molecule has 3 heterocycles. The molecule has 1 aliphatic rings. The lowest BCUT2D eigenvalue weighted by atomic mass is 9.96. The lowest BCUT2D eigenvalue weighted by molar-refractivity contribution is 0.360. The highest BCUT2D eigenvalue weighted by atomic mass is 79.9. The molecular weight excluding hydrogens is 308 g/mol. The van der Waals surface area contributed by atoms with E-state index < -0.39 is 0 Å². The van der Waals surface area contributed by atoms with Crippen molar-refractivity contribution < 1.29 is 4.52 Å². The molecule has 0 bridgehead atoms. The van der Waals surface area contributed by atoms with Gasteiger partial charge in [-0.1, -0.05) is 5.16 Å². The van der Waals surface area contributed by atoms with Crippen molar-refractivity contribution in [2.75, 3.05) is 13.1 Å². The van der Waals surface area contributed by atoms with E-state index in [1.807, 2.05) is 6.07 Å². The quantitative estimate of drug-likeness (QED) is 0.940. The van der Waals surface area contributed by atoms with Crippen LogP contribution in [0.1, 0.15) is 18.7 Å². The average Bonchev–Trinajstić information content (AvgIpc) is 2.88. The molecule has 19 heavy (non-hydrogen) atoms. The minimum Gasteiger partial charge on any atom is -0.334 e. The molecule has 0 spiro atoms. The minimum atomic E-state index is 0.535. The molecule has 1 N–H and O–H groups in total. The number of aromatic nitrogens is 3. The van der Waals surface area contributed by atoms with E-state index in [9.17, 15) is 0 Å². The first-order valence-electron chi connectivity index (χ1n) is 6.45. The van der Waals surface area contributed by atoms with Crippen LogP contribution >= 0.6 is 15.9 Å². The topological polar surface area (TPSA) is 63.8 Å².